The van der Waals surface area contributed by atoms with Gasteiger partial charge in [-0.2, -0.15) is 20.1 Å². The van der Waals surface area contributed by atoms with E-state index >= 15 is 0 Å². The minimum Gasteiger partial charge on any atom is -0.350 e. The molecule has 0 bridgehead atoms. The summed E-state index contributed by atoms with van der Waals surface area (Å²) < 4.78 is 2.67. The van der Waals surface area contributed by atoms with E-state index in [4.69, 9.17) is 5.10 Å². The lowest BCUT2D eigenvalue weighted by atomic mass is 10.1. The van der Waals surface area contributed by atoms with E-state index in [0.29, 0.717) is 26.5 Å². The van der Waals surface area contributed by atoms with E-state index in [1.54, 1.807) is 0 Å². The van der Waals surface area contributed by atoms with Crippen LogP contribution in [0.1, 0.15) is 13.8 Å². The molecule has 1 aliphatic heterocycles. The average molecular weight is 725 g/mol. The number of benzene rings is 3. The summed E-state index contributed by atoms with van der Waals surface area (Å²) in [6.07, 6.45) is 0. The van der Waals surface area contributed by atoms with Gasteiger partial charge in [0.25, 0.3) is 0 Å². The zero-order chi connectivity index (χ0) is 29.1. The summed E-state index contributed by atoms with van der Waals surface area (Å²) in [5.41, 5.74) is 3.74. The number of hydrogen-bond acceptors (Lipinski definition) is 12. The summed E-state index contributed by atoms with van der Waals surface area (Å²) in [5, 5.41) is 26.8. The molecule has 14 heteroatoms. The standard InChI is InChI=1S/C28H24Br2N10S2/c1-16-23(17(2)40(39-16)22-6-4-3-5-7-22)33-27-37-38-28(42-27)41-26-35-24(31-20-12-8-18(29)9-13-20)34-25(36-26)32-21-14-10-19(30)11-15-21/h3-15,17,23H,1-2H3,(H,33,37)(H2,31,32,34,35,36). The highest BCUT2D eigenvalue weighted by atomic mass is 79.9. The maximum atomic E-state index is 4.78. The van der Waals surface area contributed by atoms with Gasteiger partial charge < -0.3 is 16.0 Å². The number of hydrazone groups is 1. The molecule has 0 fully saturated rings. The van der Waals surface area contributed by atoms with Gasteiger partial charge in [-0.15, -0.1) is 10.2 Å². The van der Waals surface area contributed by atoms with Crippen LogP contribution in [-0.2, 0) is 0 Å². The van der Waals surface area contributed by atoms with Crippen molar-refractivity contribution in [1.29, 1.82) is 0 Å². The highest BCUT2D eigenvalue weighted by Crippen LogP contribution is 2.33. The van der Waals surface area contributed by atoms with Gasteiger partial charge in [0.05, 0.1) is 23.5 Å². The highest BCUT2D eigenvalue weighted by Gasteiger charge is 2.33. The topological polar surface area (TPSA) is 116 Å². The van der Waals surface area contributed by atoms with E-state index in [2.05, 4.69) is 92.0 Å². The Morgan fingerprint density at radius 3 is 1.98 bits per heavy atom. The van der Waals surface area contributed by atoms with Crippen molar-refractivity contribution < 1.29 is 0 Å². The average Bonchev–Trinajstić information content (AvgIpc) is 3.55. The quantitative estimate of drug-likeness (QED) is 0.138. The van der Waals surface area contributed by atoms with Gasteiger partial charge in [-0.05, 0) is 86.3 Å². The minimum atomic E-state index is -0.00314. The normalized spacial score (nSPS) is 16.3. The molecule has 3 N–H and O–H groups in total. The van der Waals surface area contributed by atoms with E-state index in [1.807, 2.05) is 78.7 Å². The van der Waals surface area contributed by atoms with Gasteiger partial charge in [0.2, 0.25) is 22.2 Å². The first kappa shape index (κ1) is 28.5. The van der Waals surface area contributed by atoms with E-state index in [1.165, 1.54) is 23.1 Å². The minimum absolute atomic E-state index is 0.00314. The summed E-state index contributed by atoms with van der Waals surface area (Å²) in [6, 6.07) is 25.8. The number of anilines is 6. The second kappa shape index (κ2) is 12.7. The fraction of sp³-hybridized carbons (Fsp3) is 0.143. The van der Waals surface area contributed by atoms with Crippen LogP contribution in [-0.4, -0.2) is 42.9 Å². The summed E-state index contributed by atoms with van der Waals surface area (Å²) in [6.45, 7) is 4.17. The van der Waals surface area contributed by atoms with Crippen LogP contribution < -0.4 is 21.0 Å². The number of nitrogens with one attached hydrogen (secondary N) is 3. The number of para-hydroxylation sites is 1. The molecule has 42 heavy (non-hydrogen) atoms. The number of nitrogens with zero attached hydrogens (tertiary/aromatic N) is 7. The highest BCUT2D eigenvalue weighted by molar-refractivity contribution is 9.10. The molecule has 0 radical (unpaired) electrons. The Labute approximate surface area is 267 Å². The molecule has 1 aliphatic rings. The summed E-state index contributed by atoms with van der Waals surface area (Å²) in [4.78, 5) is 13.9. The molecule has 5 aromatic rings. The Balaban J connectivity index is 1.20. The lowest BCUT2D eigenvalue weighted by molar-refractivity contribution is 0.677. The van der Waals surface area contributed by atoms with Crippen molar-refractivity contribution in [3.8, 4) is 0 Å². The molecule has 6 rings (SSSR count). The lowest BCUT2D eigenvalue weighted by Crippen LogP contribution is -2.39. The Morgan fingerprint density at radius 1 is 0.786 bits per heavy atom. The molecule has 212 valence electrons. The van der Waals surface area contributed by atoms with Crippen molar-refractivity contribution in [2.45, 2.75) is 35.4 Å². The predicted octanol–water partition coefficient (Wildman–Crippen LogP) is 7.95. The van der Waals surface area contributed by atoms with Gasteiger partial charge in [0.15, 0.2) is 4.34 Å². The third-order valence-corrected chi connectivity index (χ3v) is 9.11. The molecule has 0 saturated carbocycles. The number of halogens is 2. The van der Waals surface area contributed by atoms with Crippen LogP contribution >= 0.6 is 55.0 Å². The zero-order valence-corrected chi connectivity index (χ0v) is 27.2. The number of rotatable bonds is 9. The van der Waals surface area contributed by atoms with Crippen LogP contribution in [0.2, 0.25) is 0 Å². The lowest BCUT2D eigenvalue weighted by Gasteiger charge is -2.24. The number of aromatic nitrogens is 5. The zero-order valence-electron chi connectivity index (χ0n) is 22.4. The predicted molar refractivity (Wildman–Crippen MR) is 178 cm³/mol. The van der Waals surface area contributed by atoms with Crippen molar-refractivity contribution in [2.75, 3.05) is 21.0 Å². The molecule has 0 amide bonds. The van der Waals surface area contributed by atoms with E-state index in [9.17, 15) is 0 Å². The molecule has 10 nitrogen and oxygen atoms in total. The largest absolute Gasteiger partial charge is 0.350 e. The van der Waals surface area contributed by atoms with Crippen LogP contribution in [0, 0.1) is 0 Å². The maximum Gasteiger partial charge on any atom is 0.233 e. The molecular weight excluding hydrogens is 700 g/mol. The molecule has 3 aromatic carbocycles. The fourth-order valence-corrected chi connectivity index (χ4v) is 6.44. The molecule has 2 unspecified atom stereocenters. The first-order chi connectivity index (χ1) is 20.4. The van der Waals surface area contributed by atoms with Crippen LogP contribution in [0.25, 0.3) is 0 Å². The van der Waals surface area contributed by atoms with E-state index in [0.717, 1.165) is 31.7 Å². The first-order valence-electron chi connectivity index (χ1n) is 12.9. The van der Waals surface area contributed by atoms with Crippen molar-refractivity contribution in [2.24, 2.45) is 5.10 Å². The van der Waals surface area contributed by atoms with Crippen molar-refractivity contribution in [1.82, 2.24) is 25.1 Å². The van der Waals surface area contributed by atoms with E-state index < -0.39 is 0 Å². The van der Waals surface area contributed by atoms with Crippen LogP contribution in [0.5, 0.6) is 0 Å². The second-order valence-corrected chi connectivity index (χ2v) is 13.3. The van der Waals surface area contributed by atoms with Crippen LogP contribution in [0.15, 0.2) is 102 Å². The van der Waals surface area contributed by atoms with Gasteiger partial charge in [0.1, 0.15) is 0 Å². The summed E-state index contributed by atoms with van der Waals surface area (Å²) in [5.74, 6) is 0.815. The third-order valence-electron chi connectivity index (χ3n) is 6.28. The van der Waals surface area contributed by atoms with Gasteiger partial charge in [-0.1, -0.05) is 61.4 Å². The van der Waals surface area contributed by atoms with Gasteiger partial charge in [0, 0.05) is 20.3 Å². The molecule has 0 spiro atoms. The smallest absolute Gasteiger partial charge is 0.233 e. The number of hydrogen-bond donors (Lipinski definition) is 3. The van der Waals surface area contributed by atoms with Crippen molar-refractivity contribution in [3.05, 3.63) is 87.8 Å². The molecule has 3 heterocycles. The third kappa shape index (κ3) is 6.89. The van der Waals surface area contributed by atoms with Gasteiger partial charge >= 0.3 is 0 Å². The molecule has 2 aromatic heterocycles. The second-order valence-electron chi connectivity index (χ2n) is 9.29. The van der Waals surface area contributed by atoms with Crippen LogP contribution in [0.3, 0.4) is 0 Å². The molecular formula is C28H24Br2N10S2. The summed E-state index contributed by atoms with van der Waals surface area (Å²) in [7, 11) is 0. The Hall–Kier alpha value is -3.59. The molecule has 2 atom stereocenters. The van der Waals surface area contributed by atoms with Crippen LogP contribution in [0.4, 0.5) is 34.1 Å². The maximum absolute atomic E-state index is 4.78. The van der Waals surface area contributed by atoms with Gasteiger partial charge in [-0.3, -0.25) is 5.01 Å². The molecule has 0 aliphatic carbocycles. The van der Waals surface area contributed by atoms with Gasteiger partial charge in [-0.25, -0.2) is 0 Å². The monoisotopic (exact) mass is 722 g/mol. The Morgan fingerprint density at radius 2 is 1.38 bits per heavy atom. The molecule has 0 saturated heterocycles. The fourth-order valence-electron chi connectivity index (χ4n) is 4.27. The Bertz CT molecular complexity index is 1630. The first-order valence-corrected chi connectivity index (χ1v) is 16.1. The summed E-state index contributed by atoms with van der Waals surface area (Å²) >= 11 is 9.71. The van der Waals surface area contributed by atoms with Crippen molar-refractivity contribution >= 4 is 94.8 Å². The Kier molecular flexibility index (Phi) is 8.65. The van der Waals surface area contributed by atoms with E-state index in [-0.39, 0.29) is 12.1 Å². The SMILES string of the molecule is CC1=NN(c2ccccc2)C(C)C1Nc1nnc(Sc2nc(Nc3ccc(Br)cc3)nc(Nc3ccc(Br)cc3)n2)s1. The van der Waals surface area contributed by atoms with Crippen molar-refractivity contribution in [3.63, 3.8) is 0 Å².